The maximum Gasteiger partial charge on any atom is 0.0419 e. The van der Waals surface area contributed by atoms with Crippen molar-refractivity contribution in [1.29, 1.82) is 0 Å². The van der Waals surface area contributed by atoms with E-state index in [9.17, 15) is 0 Å². The molecule has 2 aromatic carbocycles. The summed E-state index contributed by atoms with van der Waals surface area (Å²) in [5.41, 5.74) is 7.14. The van der Waals surface area contributed by atoms with E-state index in [0.717, 1.165) is 0 Å². The Morgan fingerprint density at radius 1 is 0.432 bits per heavy atom. The zero-order chi connectivity index (χ0) is 26.4. The van der Waals surface area contributed by atoms with E-state index in [0.29, 0.717) is 0 Å². The van der Waals surface area contributed by atoms with Crippen molar-refractivity contribution >= 4 is 11.4 Å². The Morgan fingerprint density at radius 2 is 0.892 bits per heavy atom. The molecule has 2 aromatic rings. The van der Waals surface area contributed by atoms with E-state index in [2.05, 4.69) is 68.6 Å². The van der Waals surface area contributed by atoms with Crippen LogP contribution in [0.4, 0.5) is 11.4 Å². The quantitative estimate of drug-likeness (QED) is 0.148. The lowest BCUT2D eigenvalue weighted by molar-refractivity contribution is 0.606. The fraction of sp³-hybridized carbons (Fsp3) is 0.667. The van der Waals surface area contributed by atoms with Crippen LogP contribution in [0.2, 0.25) is 0 Å². The van der Waals surface area contributed by atoms with E-state index in [1.54, 1.807) is 0 Å². The molecule has 208 valence electrons. The molecule has 2 rings (SSSR count). The maximum absolute atomic E-state index is 3.92. The number of hydrogen-bond donors (Lipinski definition) is 1. The first kappa shape index (κ1) is 31.5. The van der Waals surface area contributed by atoms with Gasteiger partial charge < -0.3 is 5.32 Å². The highest BCUT2D eigenvalue weighted by atomic mass is 14.9. The maximum atomic E-state index is 3.92. The van der Waals surface area contributed by atoms with Crippen LogP contribution in [0.1, 0.15) is 153 Å². The lowest BCUT2D eigenvalue weighted by Crippen LogP contribution is -2.01. The van der Waals surface area contributed by atoms with Crippen LogP contribution in [0.3, 0.4) is 0 Å². The summed E-state index contributed by atoms with van der Waals surface area (Å²) in [5, 5.41) is 3.92. The average molecular weight is 506 g/mol. The Hall–Kier alpha value is -1.76. The molecule has 0 aliphatic heterocycles. The molecule has 0 aliphatic rings. The van der Waals surface area contributed by atoms with Crippen molar-refractivity contribution in [1.82, 2.24) is 0 Å². The summed E-state index contributed by atoms with van der Waals surface area (Å²) < 4.78 is 0. The summed E-state index contributed by atoms with van der Waals surface area (Å²) in [7, 11) is 0. The molecule has 1 heteroatoms. The number of benzene rings is 2. The van der Waals surface area contributed by atoms with Crippen molar-refractivity contribution in [3.8, 4) is 0 Å². The standard InChI is InChI=1S/C36H59N/c1-4-7-10-13-16-19-24-32-29-30-34(26-21-18-15-12-9-6-3)36(31-32)37-35-28-23-22-27-33(35)25-20-17-14-11-8-5-2/h22-23,27-31,37H,4-21,24-26H2,1-3H3. The van der Waals surface area contributed by atoms with Gasteiger partial charge in [-0.05, 0) is 67.3 Å². The van der Waals surface area contributed by atoms with Crippen molar-refractivity contribution in [3.63, 3.8) is 0 Å². The molecule has 0 bridgehead atoms. The van der Waals surface area contributed by atoms with Crippen LogP contribution < -0.4 is 5.32 Å². The Labute approximate surface area is 231 Å². The van der Waals surface area contributed by atoms with E-state index in [1.807, 2.05) is 0 Å². The lowest BCUT2D eigenvalue weighted by Gasteiger charge is -2.17. The van der Waals surface area contributed by atoms with Crippen LogP contribution in [0, 0.1) is 0 Å². The Bertz CT molecular complexity index is 808. The van der Waals surface area contributed by atoms with Crippen molar-refractivity contribution < 1.29 is 0 Å². The first-order valence-electron chi connectivity index (χ1n) is 16.2. The van der Waals surface area contributed by atoms with E-state index in [-0.39, 0.29) is 0 Å². The Kier molecular flexibility index (Phi) is 18.0. The summed E-state index contributed by atoms with van der Waals surface area (Å²) in [5.74, 6) is 0. The average Bonchev–Trinajstić information content (AvgIpc) is 2.92. The van der Waals surface area contributed by atoms with Gasteiger partial charge in [0.15, 0.2) is 0 Å². The number of aryl methyl sites for hydroxylation is 3. The number of anilines is 2. The van der Waals surface area contributed by atoms with Crippen LogP contribution >= 0.6 is 0 Å². The third kappa shape index (κ3) is 14.1. The van der Waals surface area contributed by atoms with Gasteiger partial charge in [-0.1, -0.05) is 147 Å². The molecule has 0 amide bonds. The van der Waals surface area contributed by atoms with E-state index >= 15 is 0 Å². The molecular formula is C36H59N. The SMILES string of the molecule is CCCCCCCCc1ccc(CCCCCCCC)c(Nc2ccccc2CCCCCCCC)c1. The molecule has 1 N–H and O–H groups in total. The number of rotatable bonds is 23. The Morgan fingerprint density at radius 3 is 1.46 bits per heavy atom. The molecule has 0 unspecified atom stereocenters. The van der Waals surface area contributed by atoms with Gasteiger partial charge in [0.25, 0.3) is 0 Å². The third-order valence-electron chi connectivity index (χ3n) is 7.88. The molecule has 0 aromatic heterocycles. The van der Waals surface area contributed by atoms with Crippen molar-refractivity contribution in [2.24, 2.45) is 0 Å². The van der Waals surface area contributed by atoms with Gasteiger partial charge in [0.2, 0.25) is 0 Å². The second-order valence-electron chi connectivity index (χ2n) is 11.3. The highest BCUT2D eigenvalue weighted by Crippen LogP contribution is 2.28. The summed E-state index contributed by atoms with van der Waals surface area (Å²) in [6.45, 7) is 6.90. The number of para-hydroxylation sites is 1. The van der Waals surface area contributed by atoms with Gasteiger partial charge in [-0.3, -0.25) is 0 Å². The second-order valence-corrected chi connectivity index (χ2v) is 11.3. The molecular weight excluding hydrogens is 446 g/mol. The third-order valence-corrected chi connectivity index (χ3v) is 7.88. The number of hydrogen-bond acceptors (Lipinski definition) is 1. The minimum absolute atomic E-state index is 1.18. The Balaban J connectivity index is 2.02. The lowest BCUT2D eigenvalue weighted by atomic mass is 9.98. The predicted molar refractivity (Wildman–Crippen MR) is 167 cm³/mol. The number of nitrogens with one attached hydrogen (secondary N) is 1. The first-order chi connectivity index (χ1) is 18.3. The molecule has 0 aliphatic carbocycles. The highest BCUT2D eigenvalue weighted by molar-refractivity contribution is 5.67. The van der Waals surface area contributed by atoms with Gasteiger partial charge in [0.05, 0.1) is 0 Å². The largest absolute Gasteiger partial charge is 0.355 e. The van der Waals surface area contributed by atoms with Gasteiger partial charge in [-0.15, -0.1) is 0 Å². The minimum atomic E-state index is 1.18. The molecule has 0 radical (unpaired) electrons. The topological polar surface area (TPSA) is 12.0 Å². The van der Waals surface area contributed by atoms with Crippen LogP contribution in [-0.4, -0.2) is 0 Å². The smallest absolute Gasteiger partial charge is 0.0419 e. The van der Waals surface area contributed by atoms with Gasteiger partial charge >= 0.3 is 0 Å². The zero-order valence-electron chi connectivity index (χ0n) is 24.9. The zero-order valence-corrected chi connectivity index (χ0v) is 24.9. The summed E-state index contributed by atoms with van der Waals surface area (Å²) in [6, 6.07) is 16.3. The van der Waals surface area contributed by atoms with Crippen molar-refractivity contribution in [2.75, 3.05) is 5.32 Å². The van der Waals surface area contributed by atoms with Crippen LogP contribution in [0.25, 0.3) is 0 Å². The summed E-state index contributed by atoms with van der Waals surface area (Å²) in [6.07, 6.45) is 28.0. The van der Waals surface area contributed by atoms with Gasteiger partial charge in [0.1, 0.15) is 0 Å². The molecule has 0 saturated carbocycles. The van der Waals surface area contributed by atoms with Crippen molar-refractivity contribution in [3.05, 3.63) is 59.2 Å². The van der Waals surface area contributed by atoms with Gasteiger partial charge in [0, 0.05) is 11.4 Å². The second kappa shape index (κ2) is 21.2. The van der Waals surface area contributed by atoms with Crippen molar-refractivity contribution in [2.45, 2.75) is 156 Å². The fourth-order valence-corrected chi connectivity index (χ4v) is 5.42. The molecule has 1 nitrogen and oxygen atoms in total. The van der Waals surface area contributed by atoms with Gasteiger partial charge in [-0.25, -0.2) is 0 Å². The van der Waals surface area contributed by atoms with E-state index in [4.69, 9.17) is 0 Å². The molecule has 0 saturated heterocycles. The minimum Gasteiger partial charge on any atom is -0.355 e. The monoisotopic (exact) mass is 505 g/mol. The van der Waals surface area contributed by atoms with Crippen LogP contribution in [0.15, 0.2) is 42.5 Å². The van der Waals surface area contributed by atoms with Crippen LogP contribution in [-0.2, 0) is 19.3 Å². The summed E-state index contributed by atoms with van der Waals surface area (Å²) >= 11 is 0. The van der Waals surface area contributed by atoms with Crippen LogP contribution in [0.5, 0.6) is 0 Å². The first-order valence-corrected chi connectivity index (χ1v) is 16.2. The highest BCUT2D eigenvalue weighted by Gasteiger charge is 2.09. The molecule has 0 spiro atoms. The number of unbranched alkanes of at least 4 members (excludes halogenated alkanes) is 15. The fourth-order valence-electron chi connectivity index (χ4n) is 5.42. The normalized spacial score (nSPS) is 11.2. The molecule has 0 atom stereocenters. The van der Waals surface area contributed by atoms with E-state index in [1.165, 1.54) is 163 Å². The van der Waals surface area contributed by atoms with Gasteiger partial charge in [-0.2, -0.15) is 0 Å². The molecule has 0 heterocycles. The molecule has 0 fully saturated rings. The summed E-state index contributed by atoms with van der Waals surface area (Å²) in [4.78, 5) is 0. The molecule has 37 heavy (non-hydrogen) atoms. The predicted octanol–water partition coefficient (Wildman–Crippen LogP) is 12.1. The van der Waals surface area contributed by atoms with E-state index < -0.39 is 0 Å².